The van der Waals surface area contributed by atoms with Gasteiger partial charge in [0.05, 0.1) is 0 Å². The Morgan fingerprint density at radius 2 is 1.50 bits per heavy atom. The number of rotatable bonds is 4. The van der Waals surface area contributed by atoms with Crippen molar-refractivity contribution in [2.45, 2.75) is 58.3 Å². The highest BCUT2D eigenvalue weighted by Crippen LogP contribution is 2.49. The fourth-order valence-electron chi connectivity index (χ4n) is 6.74. The van der Waals surface area contributed by atoms with Crippen molar-refractivity contribution in [1.29, 1.82) is 0 Å². The van der Waals surface area contributed by atoms with Crippen molar-refractivity contribution in [3.8, 4) is 0 Å². The number of anilines is 1. The van der Waals surface area contributed by atoms with Crippen LogP contribution in [0.3, 0.4) is 0 Å². The Bertz CT molecular complexity index is 1480. The van der Waals surface area contributed by atoms with E-state index in [-0.39, 0.29) is 10.8 Å². The Hall–Kier alpha value is -2.68. The molecule has 0 unspecified atom stereocenters. The van der Waals surface area contributed by atoms with Crippen molar-refractivity contribution in [2.24, 2.45) is 0 Å². The molecule has 2 aliphatic carbocycles. The first-order valence-electron chi connectivity index (χ1n) is 13.4. The van der Waals surface area contributed by atoms with E-state index in [1.807, 2.05) is 12.1 Å². The van der Waals surface area contributed by atoms with E-state index in [1.165, 1.54) is 56.1 Å². The molecule has 0 bridgehead atoms. The summed E-state index contributed by atoms with van der Waals surface area (Å²) < 4.78 is 0. The lowest BCUT2D eigenvalue weighted by Crippen LogP contribution is -2.22. The molecule has 1 aliphatic heterocycles. The number of likely N-dealkylation sites (N-methyl/N-ethyl adjacent to an activating group) is 2. The first kappa shape index (κ1) is 26.9. The fourth-order valence-corrected chi connectivity index (χ4v) is 7.08. The topological polar surface area (TPSA) is 6.48 Å². The molecular weight excluding hydrogens is 507 g/mol. The zero-order valence-electron chi connectivity index (χ0n) is 23.8. The summed E-state index contributed by atoms with van der Waals surface area (Å²) in [6, 6.07) is 12.5. The molecule has 198 valence electrons. The minimum absolute atomic E-state index is 0.0715. The Balaban J connectivity index is 1.49. The van der Waals surface area contributed by atoms with E-state index in [0.29, 0.717) is 0 Å². The predicted octanol–water partition coefficient (Wildman–Crippen LogP) is 9.46. The van der Waals surface area contributed by atoms with E-state index in [0.717, 1.165) is 22.9 Å². The Labute approximate surface area is 238 Å². The van der Waals surface area contributed by atoms with Gasteiger partial charge in [0.15, 0.2) is 0 Å². The Morgan fingerprint density at radius 1 is 0.842 bits per heavy atom. The molecule has 4 heteroatoms. The third-order valence-electron chi connectivity index (χ3n) is 8.74. The van der Waals surface area contributed by atoms with Crippen molar-refractivity contribution < 1.29 is 0 Å². The summed E-state index contributed by atoms with van der Waals surface area (Å²) in [5, 5.41) is 1.59. The van der Waals surface area contributed by atoms with Crippen molar-refractivity contribution in [3.63, 3.8) is 0 Å². The Kier molecular flexibility index (Phi) is 6.73. The maximum Gasteiger partial charge on any atom is 0.0449 e. The molecule has 3 aliphatic rings. The van der Waals surface area contributed by atoms with Gasteiger partial charge in [-0.2, -0.15) is 0 Å². The van der Waals surface area contributed by atoms with Crippen molar-refractivity contribution >= 4 is 34.5 Å². The third kappa shape index (κ3) is 4.27. The molecule has 0 fully saturated rings. The van der Waals surface area contributed by atoms with Gasteiger partial charge in [-0.15, -0.1) is 0 Å². The normalized spacial score (nSPS) is 21.9. The number of allylic oxidation sites excluding steroid dienone is 9. The van der Waals surface area contributed by atoms with Gasteiger partial charge >= 0.3 is 0 Å². The van der Waals surface area contributed by atoms with E-state index >= 15 is 0 Å². The SMILES string of the molecule is CC1=C(C=CC2=C(N(C)C)C(=CC=C3N(C)c4ccc(Cl)cc4C3(C)C)CC2)C(C)(C)c2cc(Cl)ccc21. The molecule has 38 heavy (non-hydrogen) atoms. The predicted molar refractivity (Wildman–Crippen MR) is 165 cm³/mol. The second-order valence-electron chi connectivity index (χ2n) is 12.0. The molecule has 0 spiro atoms. The molecule has 0 saturated heterocycles. The maximum atomic E-state index is 6.36. The van der Waals surface area contributed by atoms with E-state index < -0.39 is 0 Å². The van der Waals surface area contributed by atoms with E-state index in [1.54, 1.807) is 0 Å². The van der Waals surface area contributed by atoms with Crippen molar-refractivity contribution in [2.75, 3.05) is 26.0 Å². The van der Waals surface area contributed by atoms with E-state index in [4.69, 9.17) is 23.2 Å². The molecule has 0 radical (unpaired) electrons. The maximum absolute atomic E-state index is 6.36. The van der Waals surface area contributed by atoms with Gasteiger partial charge in [0.2, 0.25) is 0 Å². The van der Waals surface area contributed by atoms with Crippen LogP contribution in [0.25, 0.3) is 5.57 Å². The van der Waals surface area contributed by atoms with Gasteiger partial charge in [0.25, 0.3) is 0 Å². The van der Waals surface area contributed by atoms with Gasteiger partial charge in [0, 0.05) is 59.1 Å². The third-order valence-corrected chi connectivity index (χ3v) is 9.21. The minimum atomic E-state index is -0.106. The second-order valence-corrected chi connectivity index (χ2v) is 12.9. The van der Waals surface area contributed by atoms with Crippen molar-refractivity contribution in [3.05, 3.63) is 116 Å². The highest BCUT2D eigenvalue weighted by atomic mass is 35.5. The van der Waals surface area contributed by atoms with Crippen LogP contribution in [-0.4, -0.2) is 26.0 Å². The summed E-state index contributed by atoms with van der Waals surface area (Å²) in [6.45, 7) is 11.4. The summed E-state index contributed by atoms with van der Waals surface area (Å²) in [7, 11) is 6.46. The van der Waals surface area contributed by atoms with Gasteiger partial charge in [-0.1, -0.05) is 75.2 Å². The van der Waals surface area contributed by atoms with Crippen LogP contribution in [0.5, 0.6) is 0 Å². The molecule has 0 N–H and O–H groups in total. The minimum Gasteiger partial charge on any atom is -0.377 e. The molecule has 2 nitrogen and oxygen atoms in total. The molecule has 0 amide bonds. The van der Waals surface area contributed by atoms with Gasteiger partial charge in [-0.05, 0) is 95.2 Å². The van der Waals surface area contributed by atoms with Gasteiger partial charge in [-0.3, -0.25) is 0 Å². The summed E-state index contributed by atoms with van der Waals surface area (Å²) in [6.07, 6.45) is 11.4. The second kappa shape index (κ2) is 9.50. The lowest BCUT2D eigenvalue weighted by molar-refractivity contribution is 0.521. The molecule has 5 rings (SSSR count). The van der Waals surface area contributed by atoms with Crippen LogP contribution in [-0.2, 0) is 10.8 Å². The average Bonchev–Trinajstić information content (AvgIpc) is 3.39. The van der Waals surface area contributed by atoms with Crippen LogP contribution in [0.1, 0.15) is 64.2 Å². The van der Waals surface area contributed by atoms with Crippen LogP contribution in [0.2, 0.25) is 10.0 Å². The zero-order chi connectivity index (χ0) is 27.6. The van der Waals surface area contributed by atoms with Crippen LogP contribution < -0.4 is 4.90 Å². The monoisotopic (exact) mass is 544 g/mol. The number of hydrogen-bond donors (Lipinski definition) is 0. The molecular formula is C34H38Cl2N2. The first-order valence-corrected chi connectivity index (χ1v) is 14.2. The number of benzene rings is 2. The molecule has 1 heterocycles. The Morgan fingerprint density at radius 3 is 2.18 bits per heavy atom. The van der Waals surface area contributed by atoms with Crippen LogP contribution in [0.4, 0.5) is 5.69 Å². The summed E-state index contributed by atoms with van der Waals surface area (Å²) in [5.74, 6) is 0. The highest BCUT2D eigenvalue weighted by Gasteiger charge is 2.38. The zero-order valence-corrected chi connectivity index (χ0v) is 25.3. The first-order chi connectivity index (χ1) is 17.8. The van der Waals surface area contributed by atoms with Crippen molar-refractivity contribution in [1.82, 2.24) is 4.90 Å². The summed E-state index contributed by atoms with van der Waals surface area (Å²) in [4.78, 5) is 4.57. The van der Waals surface area contributed by atoms with Gasteiger partial charge < -0.3 is 9.80 Å². The molecule has 0 aromatic heterocycles. The lowest BCUT2D eigenvalue weighted by atomic mass is 9.81. The van der Waals surface area contributed by atoms with E-state index in [2.05, 4.69) is 114 Å². The molecule has 2 aromatic carbocycles. The highest BCUT2D eigenvalue weighted by molar-refractivity contribution is 6.31. The number of fused-ring (bicyclic) bond motifs is 2. The number of hydrogen-bond acceptors (Lipinski definition) is 2. The molecule has 0 saturated carbocycles. The quantitative estimate of drug-likeness (QED) is 0.378. The molecule has 0 atom stereocenters. The average molecular weight is 546 g/mol. The standard InChI is InChI=1S/C34H38Cl2N2/c1-21-26-15-13-24(35)19-28(26)33(2,3)27(21)16-11-22-9-10-23(32(22)37(6)7)12-18-31-34(4,5)29-20-25(36)14-17-30(29)38(31)8/h11-20H,9-10H2,1-8H3. The van der Waals surface area contributed by atoms with E-state index in [9.17, 15) is 0 Å². The van der Waals surface area contributed by atoms with Crippen LogP contribution in [0.15, 0.2) is 88.8 Å². The largest absolute Gasteiger partial charge is 0.377 e. The summed E-state index contributed by atoms with van der Waals surface area (Å²) >= 11 is 12.7. The van der Waals surface area contributed by atoms with Gasteiger partial charge in [0.1, 0.15) is 0 Å². The summed E-state index contributed by atoms with van der Waals surface area (Å²) in [5.41, 5.74) is 13.0. The number of halogens is 2. The fraction of sp³-hybridized carbons (Fsp3) is 0.353. The smallest absolute Gasteiger partial charge is 0.0449 e. The molecule has 2 aromatic rings. The lowest BCUT2D eigenvalue weighted by Gasteiger charge is -2.24. The van der Waals surface area contributed by atoms with Crippen LogP contribution in [0, 0.1) is 0 Å². The van der Waals surface area contributed by atoms with Gasteiger partial charge in [-0.25, -0.2) is 0 Å². The number of nitrogens with zero attached hydrogens (tertiary/aromatic N) is 2. The van der Waals surface area contributed by atoms with Crippen LogP contribution >= 0.6 is 23.2 Å².